The van der Waals surface area contributed by atoms with Gasteiger partial charge in [-0.2, -0.15) is 8.62 Å². The summed E-state index contributed by atoms with van der Waals surface area (Å²) in [5.74, 6) is -6.69. The van der Waals surface area contributed by atoms with Gasteiger partial charge in [0.05, 0.1) is 30.3 Å². The number of nitrogens with one attached hydrogen (secondary N) is 2. The number of amides is 3. The molecule has 8 aliphatic rings. The lowest BCUT2D eigenvalue weighted by Gasteiger charge is -2.64. The molecule has 3 saturated carbocycles. The van der Waals surface area contributed by atoms with E-state index in [1.54, 1.807) is 19.9 Å². The van der Waals surface area contributed by atoms with Crippen molar-refractivity contribution in [2.75, 3.05) is 26.3 Å². The van der Waals surface area contributed by atoms with Crippen molar-refractivity contribution >= 4 is 58.8 Å². The first-order valence-electron chi connectivity index (χ1n) is 23.8. The Kier molecular flexibility index (Phi) is 14.4. The van der Waals surface area contributed by atoms with E-state index in [0.717, 1.165) is 11.1 Å². The third-order valence-corrected chi connectivity index (χ3v) is 18.4. The molecule has 25 heteroatoms. The SMILES string of the molecule is CC(C)=CCCC1(C)C=Cc2c(c(CC=C(C)C)c3c(c2OP(=O)(O)OP(=O)(O)OP(=O)(O)O)C(=O)C2C(N4CCOCC4)C4CC5C(C)(C)OC(CC=C(C)C(=O)NC6CCC(=O)NC6=O)(C4=O)C25O3)O1. The van der Waals surface area contributed by atoms with Gasteiger partial charge in [0, 0.05) is 54.9 Å². The Morgan fingerprint density at radius 2 is 1.60 bits per heavy atom. The second kappa shape index (κ2) is 19.2. The Bertz CT molecular complexity index is 2770. The average Bonchev–Trinajstić information content (AvgIpc) is 3.40. The van der Waals surface area contributed by atoms with E-state index in [1.165, 1.54) is 19.1 Å². The van der Waals surface area contributed by atoms with E-state index in [9.17, 15) is 47.7 Å². The van der Waals surface area contributed by atoms with Gasteiger partial charge >= 0.3 is 23.5 Å². The Balaban J connectivity index is 1.36. The highest BCUT2D eigenvalue weighted by Gasteiger charge is 2.86. The van der Waals surface area contributed by atoms with E-state index in [0.29, 0.717) is 25.9 Å². The van der Waals surface area contributed by atoms with Crippen molar-refractivity contribution in [3.63, 3.8) is 0 Å². The van der Waals surface area contributed by atoms with Crippen molar-refractivity contribution in [1.29, 1.82) is 0 Å². The van der Waals surface area contributed by atoms with Gasteiger partial charge in [0.1, 0.15) is 28.7 Å². The molecule has 9 rings (SSSR count). The second-order valence-corrected chi connectivity index (χ2v) is 25.1. The normalized spacial score (nSPS) is 32.2. The standard InChI is InChI=1S/C47H62N3O19P3/c1-25(2)10-9-17-45(8)18-16-29-38(64-45)28(12-11-26(3)4)39-34(40(29)66-71(59,60)69-72(61,62)68-70(56,57)58)37(52)35-36(50-20-22-63-23-21-50)30-24-32-44(6,7)67-46(41(30)53,47(32,35)65-39)19-15-27(5)42(54)48-31-13-14-33(51)49-43(31)55/h10-11,15-16,18,30-32,35-36H,9,12-14,17,19-24H2,1-8H3,(H,48,54)(H,59,60)(H,61,62)(H,49,51,55)(H2,56,57,58). The van der Waals surface area contributed by atoms with Crippen LogP contribution in [0.25, 0.3) is 6.08 Å². The van der Waals surface area contributed by atoms with Gasteiger partial charge in [-0.15, -0.1) is 0 Å². The number of allylic oxidation sites excluding steroid dienone is 4. The van der Waals surface area contributed by atoms with Crippen LogP contribution < -0.4 is 24.6 Å². The topological polar surface area (TPSA) is 309 Å². The molecule has 3 saturated heterocycles. The number of hydrogen-bond donors (Lipinski definition) is 6. The van der Waals surface area contributed by atoms with E-state index < -0.39 is 111 Å². The number of piperidine rings is 1. The fourth-order valence-electron chi connectivity index (χ4n) is 11.7. The van der Waals surface area contributed by atoms with E-state index >= 15 is 9.59 Å². The first kappa shape index (κ1) is 54.1. The molecule has 3 aliphatic carbocycles. The number of Topliss-reactive ketones (excluding diaryl/α,β-unsaturated/α-hetero) is 2. The average molecular weight is 1070 g/mol. The summed E-state index contributed by atoms with van der Waals surface area (Å²) in [6.45, 7) is 15.6. The van der Waals surface area contributed by atoms with Crippen molar-refractivity contribution in [3.8, 4) is 17.2 Å². The van der Waals surface area contributed by atoms with Gasteiger partial charge in [-0.3, -0.25) is 39.1 Å². The lowest BCUT2D eigenvalue weighted by Crippen LogP contribution is -2.82. The fourth-order valence-corrected chi connectivity index (χ4v) is 14.8. The predicted octanol–water partition coefficient (Wildman–Crippen LogP) is 5.47. The molecule has 1 aromatic rings. The van der Waals surface area contributed by atoms with Gasteiger partial charge in [-0.25, -0.2) is 13.7 Å². The predicted molar refractivity (Wildman–Crippen MR) is 255 cm³/mol. The molecular weight excluding hydrogens is 1000 g/mol. The molecule has 10 unspecified atom stereocenters. The van der Waals surface area contributed by atoms with E-state index in [2.05, 4.69) is 19.3 Å². The zero-order chi connectivity index (χ0) is 52.7. The number of benzene rings is 1. The number of hydrogen-bond acceptors (Lipinski definition) is 16. The van der Waals surface area contributed by atoms with Crippen LogP contribution >= 0.6 is 23.5 Å². The highest BCUT2D eigenvalue weighted by atomic mass is 31.3. The summed E-state index contributed by atoms with van der Waals surface area (Å²) in [4.78, 5) is 113. The molecule has 1 aromatic carbocycles. The summed E-state index contributed by atoms with van der Waals surface area (Å²) < 4.78 is 79.7. The molecule has 6 fully saturated rings. The van der Waals surface area contributed by atoms with E-state index in [4.69, 9.17) is 23.5 Å². The third-order valence-electron chi connectivity index (χ3n) is 14.7. The van der Waals surface area contributed by atoms with Crippen LogP contribution in [0, 0.1) is 17.8 Å². The number of carbonyl (C=O) groups excluding carboxylic acids is 5. The number of rotatable bonds is 16. The molecule has 6 N–H and O–H groups in total. The van der Waals surface area contributed by atoms with Crippen LogP contribution in [0.1, 0.15) is 115 Å². The molecule has 3 amide bonds. The number of ketones is 2. The van der Waals surface area contributed by atoms with Crippen LogP contribution in [0.4, 0.5) is 0 Å². The maximum absolute atomic E-state index is 16.4. The number of morpholine rings is 1. The fraction of sp³-hybridized carbons (Fsp3) is 0.596. The number of fused-ring (bicyclic) bond motifs is 2. The largest absolute Gasteiger partial charge is 0.536 e. The van der Waals surface area contributed by atoms with Crippen molar-refractivity contribution in [1.82, 2.24) is 15.5 Å². The minimum Gasteiger partial charge on any atom is -0.482 e. The van der Waals surface area contributed by atoms with Crippen molar-refractivity contribution in [2.45, 2.75) is 135 Å². The second-order valence-electron chi connectivity index (χ2n) is 20.7. The molecule has 4 bridgehead atoms. The summed E-state index contributed by atoms with van der Waals surface area (Å²) in [6.07, 6.45) is 9.55. The lowest BCUT2D eigenvalue weighted by molar-refractivity contribution is -0.215. The number of nitrogens with zero attached hydrogens (tertiary/aromatic N) is 1. The Labute approximate surface area is 416 Å². The van der Waals surface area contributed by atoms with Crippen LogP contribution in [0.3, 0.4) is 0 Å². The number of ether oxygens (including phenoxy) is 4. The first-order chi connectivity index (χ1) is 33.4. The monoisotopic (exact) mass is 1070 g/mol. The molecule has 5 heterocycles. The minimum absolute atomic E-state index is 0.0159. The van der Waals surface area contributed by atoms with Gasteiger partial charge in [-0.05, 0) is 99.6 Å². The number of phosphoric ester groups is 1. The Morgan fingerprint density at radius 3 is 2.24 bits per heavy atom. The minimum atomic E-state index is -6.08. The molecule has 72 heavy (non-hydrogen) atoms. The summed E-state index contributed by atoms with van der Waals surface area (Å²) in [6, 6.07) is -1.88. The smallest absolute Gasteiger partial charge is 0.482 e. The zero-order valence-corrected chi connectivity index (χ0v) is 43.9. The van der Waals surface area contributed by atoms with Gasteiger partial charge < -0.3 is 43.5 Å². The highest BCUT2D eigenvalue weighted by molar-refractivity contribution is 7.66. The molecule has 1 spiro atoms. The van der Waals surface area contributed by atoms with E-state index in [-0.39, 0.29) is 79.3 Å². The quantitative estimate of drug-likeness (QED) is 0.0518. The van der Waals surface area contributed by atoms with Crippen LogP contribution in [-0.2, 0) is 57.4 Å². The molecule has 394 valence electrons. The first-order valence-corrected chi connectivity index (χ1v) is 28.3. The van der Waals surface area contributed by atoms with Gasteiger partial charge in [0.2, 0.25) is 17.7 Å². The van der Waals surface area contributed by atoms with Crippen molar-refractivity contribution in [2.24, 2.45) is 17.8 Å². The van der Waals surface area contributed by atoms with Crippen LogP contribution in [-0.4, -0.2) is 115 Å². The maximum Gasteiger partial charge on any atom is 0.536 e. The summed E-state index contributed by atoms with van der Waals surface area (Å²) in [5, 5.41) is 4.88. The highest BCUT2D eigenvalue weighted by Crippen LogP contribution is 2.72. The zero-order valence-electron chi connectivity index (χ0n) is 41.3. The van der Waals surface area contributed by atoms with Crippen LogP contribution in [0.2, 0.25) is 0 Å². The maximum atomic E-state index is 16.4. The summed E-state index contributed by atoms with van der Waals surface area (Å²) in [7, 11) is -17.9. The molecule has 0 aromatic heterocycles. The van der Waals surface area contributed by atoms with Crippen LogP contribution in [0.5, 0.6) is 17.2 Å². The number of imide groups is 1. The van der Waals surface area contributed by atoms with Gasteiger partial charge in [-0.1, -0.05) is 29.4 Å². The van der Waals surface area contributed by atoms with E-state index in [1.807, 2.05) is 51.7 Å². The van der Waals surface area contributed by atoms with Crippen LogP contribution in [0.15, 0.2) is 41.0 Å². The Hall–Kier alpha value is -4.14. The molecule has 10 atom stereocenters. The molecular formula is C47H62N3O19P3. The summed E-state index contributed by atoms with van der Waals surface area (Å²) in [5.41, 5.74) is -4.35. The van der Waals surface area contributed by atoms with Gasteiger partial charge in [0.25, 0.3) is 0 Å². The third kappa shape index (κ3) is 9.95. The number of carbonyl (C=O) groups is 5. The van der Waals surface area contributed by atoms with Crippen molar-refractivity contribution < 1.29 is 89.3 Å². The lowest BCUT2D eigenvalue weighted by atomic mass is 9.44. The molecule has 5 aliphatic heterocycles. The van der Waals surface area contributed by atoms with Crippen molar-refractivity contribution in [3.05, 3.63) is 57.7 Å². The Morgan fingerprint density at radius 1 is 0.917 bits per heavy atom. The molecule has 0 radical (unpaired) electrons. The summed E-state index contributed by atoms with van der Waals surface area (Å²) >= 11 is 0. The van der Waals surface area contributed by atoms with Gasteiger partial charge in [0.15, 0.2) is 28.5 Å². The number of phosphoric acid groups is 3. The molecule has 22 nitrogen and oxygen atoms in total.